The van der Waals surface area contributed by atoms with Gasteiger partial charge in [0.25, 0.3) is 0 Å². The maximum absolute atomic E-state index is 5.90. The first kappa shape index (κ1) is 11.8. The predicted octanol–water partition coefficient (Wildman–Crippen LogP) is 4.59. The van der Waals surface area contributed by atoms with Crippen molar-refractivity contribution in [2.45, 2.75) is 18.4 Å². The van der Waals surface area contributed by atoms with E-state index >= 15 is 0 Å². The van der Waals surface area contributed by atoms with Crippen molar-refractivity contribution in [2.24, 2.45) is 0 Å². The Morgan fingerprint density at radius 2 is 1.61 bits per heavy atom. The SMILES string of the molecule is Clc1ccc([C@H]2C[C@@H](c3ccccc3)CO2)cc1. The van der Waals surface area contributed by atoms with E-state index in [-0.39, 0.29) is 6.10 Å². The van der Waals surface area contributed by atoms with E-state index < -0.39 is 0 Å². The van der Waals surface area contributed by atoms with E-state index in [9.17, 15) is 0 Å². The van der Waals surface area contributed by atoms with Crippen LogP contribution in [0.5, 0.6) is 0 Å². The van der Waals surface area contributed by atoms with Crippen LogP contribution in [0.15, 0.2) is 54.6 Å². The first-order valence-electron chi connectivity index (χ1n) is 6.25. The molecule has 2 aromatic rings. The van der Waals surface area contributed by atoms with Crippen molar-refractivity contribution in [3.05, 3.63) is 70.7 Å². The second-order valence-corrected chi connectivity index (χ2v) is 5.15. The molecule has 1 heterocycles. The van der Waals surface area contributed by atoms with Crippen molar-refractivity contribution in [3.63, 3.8) is 0 Å². The molecule has 0 unspecified atom stereocenters. The maximum Gasteiger partial charge on any atom is 0.0831 e. The fourth-order valence-corrected chi connectivity index (χ4v) is 2.62. The monoisotopic (exact) mass is 258 g/mol. The zero-order valence-corrected chi connectivity index (χ0v) is 10.8. The van der Waals surface area contributed by atoms with E-state index in [1.54, 1.807) is 0 Å². The van der Waals surface area contributed by atoms with Gasteiger partial charge in [0, 0.05) is 10.9 Å². The fraction of sp³-hybridized carbons (Fsp3) is 0.250. The van der Waals surface area contributed by atoms with Gasteiger partial charge < -0.3 is 4.74 Å². The topological polar surface area (TPSA) is 9.23 Å². The van der Waals surface area contributed by atoms with Gasteiger partial charge >= 0.3 is 0 Å². The first-order valence-corrected chi connectivity index (χ1v) is 6.63. The highest BCUT2D eigenvalue weighted by Gasteiger charge is 2.27. The minimum absolute atomic E-state index is 0.201. The second-order valence-electron chi connectivity index (χ2n) is 4.72. The molecule has 2 heteroatoms. The molecule has 1 saturated heterocycles. The highest BCUT2D eigenvalue weighted by Crippen LogP contribution is 2.38. The zero-order valence-electron chi connectivity index (χ0n) is 10.1. The second kappa shape index (κ2) is 5.13. The Bertz CT molecular complexity index is 506. The van der Waals surface area contributed by atoms with Crippen molar-refractivity contribution < 1.29 is 4.74 Å². The van der Waals surface area contributed by atoms with E-state index in [2.05, 4.69) is 42.5 Å². The van der Waals surface area contributed by atoms with E-state index in [1.807, 2.05) is 12.1 Å². The summed E-state index contributed by atoms with van der Waals surface area (Å²) < 4.78 is 5.90. The van der Waals surface area contributed by atoms with Crippen LogP contribution in [0.4, 0.5) is 0 Å². The van der Waals surface area contributed by atoms with Crippen LogP contribution in [0.2, 0.25) is 5.02 Å². The van der Waals surface area contributed by atoms with Gasteiger partial charge in [0.1, 0.15) is 0 Å². The number of halogens is 1. The Kier molecular flexibility index (Phi) is 3.35. The average Bonchev–Trinajstić information content (AvgIpc) is 2.90. The summed E-state index contributed by atoms with van der Waals surface area (Å²) in [5.74, 6) is 0.506. The smallest absolute Gasteiger partial charge is 0.0831 e. The summed E-state index contributed by atoms with van der Waals surface area (Å²) in [6, 6.07) is 18.6. The molecule has 0 aromatic heterocycles. The van der Waals surface area contributed by atoms with Crippen LogP contribution in [0.25, 0.3) is 0 Å². The van der Waals surface area contributed by atoms with Crippen molar-refractivity contribution >= 4 is 11.6 Å². The van der Waals surface area contributed by atoms with Crippen molar-refractivity contribution in [1.82, 2.24) is 0 Å². The molecule has 0 N–H and O–H groups in total. The molecule has 18 heavy (non-hydrogen) atoms. The van der Waals surface area contributed by atoms with Gasteiger partial charge in [-0.15, -0.1) is 0 Å². The minimum atomic E-state index is 0.201. The number of benzene rings is 2. The molecule has 2 aromatic carbocycles. The molecular formula is C16H15ClO. The van der Waals surface area contributed by atoms with E-state index in [4.69, 9.17) is 16.3 Å². The van der Waals surface area contributed by atoms with E-state index in [0.29, 0.717) is 5.92 Å². The van der Waals surface area contributed by atoms with Gasteiger partial charge in [-0.2, -0.15) is 0 Å². The van der Waals surface area contributed by atoms with E-state index in [0.717, 1.165) is 18.1 Å². The van der Waals surface area contributed by atoms with Crippen LogP contribution >= 0.6 is 11.6 Å². The highest BCUT2D eigenvalue weighted by molar-refractivity contribution is 6.30. The van der Waals surface area contributed by atoms with Gasteiger partial charge in [-0.05, 0) is 29.7 Å². The number of ether oxygens (including phenoxy) is 1. The molecule has 2 atom stereocenters. The van der Waals surface area contributed by atoms with Crippen molar-refractivity contribution in [2.75, 3.05) is 6.61 Å². The van der Waals surface area contributed by atoms with Crippen LogP contribution in [0.1, 0.15) is 29.6 Å². The summed E-state index contributed by atoms with van der Waals surface area (Å²) in [6.45, 7) is 0.803. The predicted molar refractivity (Wildman–Crippen MR) is 73.9 cm³/mol. The molecule has 0 amide bonds. The maximum atomic E-state index is 5.90. The van der Waals surface area contributed by atoms with Gasteiger partial charge in [0.05, 0.1) is 12.7 Å². The largest absolute Gasteiger partial charge is 0.373 e. The number of rotatable bonds is 2. The molecule has 92 valence electrons. The molecule has 0 radical (unpaired) electrons. The standard InChI is InChI=1S/C16H15ClO/c17-15-8-6-13(7-9-15)16-10-14(11-18-16)12-4-2-1-3-5-12/h1-9,14,16H,10-11H2/t14-,16-/m1/s1. The Morgan fingerprint density at radius 3 is 2.33 bits per heavy atom. The lowest BCUT2D eigenvalue weighted by molar-refractivity contribution is 0.110. The number of hydrogen-bond acceptors (Lipinski definition) is 1. The van der Waals surface area contributed by atoms with Crippen molar-refractivity contribution in [3.8, 4) is 0 Å². The molecule has 0 saturated carbocycles. The summed E-state index contributed by atoms with van der Waals surface area (Å²) in [4.78, 5) is 0. The lowest BCUT2D eigenvalue weighted by Gasteiger charge is -2.10. The summed E-state index contributed by atoms with van der Waals surface area (Å²) >= 11 is 5.90. The molecule has 1 aliphatic rings. The van der Waals surface area contributed by atoms with Gasteiger partial charge in [0.15, 0.2) is 0 Å². The van der Waals surface area contributed by atoms with Crippen LogP contribution in [0, 0.1) is 0 Å². The normalized spacial score (nSPS) is 23.2. The number of hydrogen-bond donors (Lipinski definition) is 0. The lowest BCUT2D eigenvalue weighted by Crippen LogP contribution is -1.96. The summed E-state index contributed by atoms with van der Waals surface area (Å²) in [5.41, 5.74) is 2.59. The fourth-order valence-electron chi connectivity index (χ4n) is 2.49. The third kappa shape index (κ3) is 2.43. The van der Waals surface area contributed by atoms with Gasteiger partial charge in [-0.25, -0.2) is 0 Å². The molecule has 1 aliphatic heterocycles. The Morgan fingerprint density at radius 1 is 0.889 bits per heavy atom. The van der Waals surface area contributed by atoms with Gasteiger partial charge in [-0.1, -0.05) is 54.1 Å². The Hall–Kier alpha value is -1.31. The summed E-state index contributed by atoms with van der Waals surface area (Å²) in [5, 5.41) is 0.774. The molecule has 0 aliphatic carbocycles. The molecule has 0 bridgehead atoms. The summed E-state index contributed by atoms with van der Waals surface area (Å²) in [7, 11) is 0. The third-order valence-electron chi connectivity index (χ3n) is 3.51. The van der Waals surface area contributed by atoms with Crippen LogP contribution in [-0.4, -0.2) is 6.61 Å². The summed E-state index contributed by atoms with van der Waals surface area (Å²) in [6.07, 6.45) is 1.25. The first-order chi connectivity index (χ1) is 8.83. The average molecular weight is 259 g/mol. The molecule has 1 fully saturated rings. The van der Waals surface area contributed by atoms with Crippen LogP contribution in [0.3, 0.4) is 0 Å². The Balaban J connectivity index is 1.74. The molecule has 3 rings (SSSR count). The Labute approximate surface area is 112 Å². The van der Waals surface area contributed by atoms with Gasteiger partial charge in [-0.3, -0.25) is 0 Å². The van der Waals surface area contributed by atoms with Crippen LogP contribution in [-0.2, 0) is 4.74 Å². The highest BCUT2D eigenvalue weighted by atomic mass is 35.5. The molecule has 0 spiro atoms. The molecule has 1 nitrogen and oxygen atoms in total. The molecular weight excluding hydrogens is 244 g/mol. The third-order valence-corrected chi connectivity index (χ3v) is 3.76. The van der Waals surface area contributed by atoms with Crippen LogP contribution < -0.4 is 0 Å². The lowest BCUT2D eigenvalue weighted by atomic mass is 9.94. The quantitative estimate of drug-likeness (QED) is 0.766. The van der Waals surface area contributed by atoms with Crippen molar-refractivity contribution in [1.29, 1.82) is 0 Å². The van der Waals surface area contributed by atoms with Gasteiger partial charge in [0.2, 0.25) is 0 Å². The van der Waals surface area contributed by atoms with E-state index in [1.165, 1.54) is 11.1 Å². The minimum Gasteiger partial charge on any atom is -0.373 e. The zero-order chi connectivity index (χ0) is 12.4.